The maximum Gasteiger partial charge on any atom is 0.340 e. The van der Waals surface area contributed by atoms with Crippen molar-refractivity contribution in [3.05, 3.63) is 45.5 Å². The number of carbonyl (C=O) groups is 1. The molecule has 23 heavy (non-hydrogen) atoms. The lowest BCUT2D eigenvalue weighted by molar-refractivity contribution is 0.0602. The molecule has 2 rings (SSSR count). The average molecular weight is 373 g/mol. The summed E-state index contributed by atoms with van der Waals surface area (Å²) in [5.74, 6) is -0.973. The molecule has 0 fully saturated rings. The fraction of sp³-hybridized carbons (Fsp3) is 0.200. The number of methoxy groups -OCH3 is 1. The standard InChI is InChI=1S/C15H14ClFN2O2S2/c1-3-9-7-10(14(20)21-2)13(23-9)19-15(22)18-12-5-4-8(16)6-11(12)17/h4-7H,3H2,1-2H3,(H2,18,19,22). The van der Waals surface area contributed by atoms with Crippen LogP contribution in [0.1, 0.15) is 22.2 Å². The van der Waals surface area contributed by atoms with Crippen molar-refractivity contribution in [2.45, 2.75) is 13.3 Å². The number of anilines is 2. The lowest BCUT2D eigenvalue weighted by atomic mass is 10.2. The zero-order valence-corrected chi connectivity index (χ0v) is 14.8. The Kier molecular flexibility index (Phi) is 5.92. The number of hydrogen-bond donors (Lipinski definition) is 2. The highest BCUT2D eigenvalue weighted by atomic mass is 35.5. The number of esters is 1. The van der Waals surface area contributed by atoms with Crippen LogP contribution in [0.2, 0.25) is 5.02 Å². The van der Waals surface area contributed by atoms with E-state index >= 15 is 0 Å². The third-order valence-electron chi connectivity index (χ3n) is 2.94. The fourth-order valence-corrected chi connectivity index (χ4v) is 3.24. The molecule has 0 aliphatic heterocycles. The van der Waals surface area contributed by atoms with E-state index in [9.17, 15) is 9.18 Å². The third-order valence-corrected chi connectivity index (χ3v) is 4.58. The molecular formula is C15H14ClFN2O2S2. The SMILES string of the molecule is CCc1cc(C(=O)OC)c(NC(=S)Nc2ccc(Cl)cc2F)s1. The van der Waals surface area contributed by atoms with Gasteiger partial charge in [-0.3, -0.25) is 0 Å². The molecule has 0 atom stereocenters. The van der Waals surface area contributed by atoms with Crippen LogP contribution in [0.5, 0.6) is 0 Å². The molecule has 0 radical (unpaired) electrons. The van der Waals surface area contributed by atoms with E-state index in [4.69, 9.17) is 28.6 Å². The summed E-state index contributed by atoms with van der Waals surface area (Å²) >= 11 is 12.3. The Balaban J connectivity index is 2.16. The van der Waals surface area contributed by atoms with Gasteiger partial charge in [-0.1, -0.05) is 18.5 Å². The van der Waals surface area contributed by atoms with Crippen LogP contribution in [-0.4, -0.2) is 18.2 Å². The molecule has 0 unspecified atom stereocenters. The second-order valence-corrected chi connectivity index (χ2v) is 6.49. The van der Waals surface area contributed by atoms with Crippen LogP contribution >= 0.6 is 35.2 Å². The van der Waals surface area contributed by atoms with Crippen LogP contribution in [0.4, 0.5) is 15.1 Å². The maximum absolute atomic E-state index is 13.8. The summed E-state index contributed by atoms with van der Waals surface area (Å²) < 4.78 is 18.5. The average Bonchev–Trinajstić information content (AvgIpc) is 2.92. The predicted molar refractivity (Wildman–Crippen MR) is 96.3 cm³/mol. The van der Waals surface area contributed by atoms with Gasteiger partial charge in [0.2, 0.25) is 0 Å². The van der Waals surface area contributed by atoms with Crippen molar-refractivity contribution in [1.29, 1.82) is 0 Å². The highest BCUT2D eigenvalue weighted by Gasteiger charge is 2.17. The molecule has 0 amide bonds. The minimum absolute atomic E-state index is 0.167. The van der Waals surface area contributed by atoms with Crippen molar-refractivity contribution < 1.29 is 13.9 Å². The summed E-state index contributed by atoms with van der Waals surface area (Å²) in [6, 6.07) is 5.98. The topological polar surface area (TPSA) is 50.4 Å². The molecule has 0 spiro atoms. The van der Waals surface area contributed by atoms with E-state index in [-0.39, 0.29) is 10.8 Å². The Morgan fingerprint density at radius 2 is 2.13 bits per heavy atom. The maximum atomic E-state index is 13.8. The van der Waals surface area contributed by atoms with Gasteiger partial charge >= 0.3 is 5.97 Å². The number of carbonyl (C=O) groups excluding carboxylic acids is 1. The highest BCUT2D eigenvalue weighted by molar-refractivity contribution is 7.80. The summed E-state index contributed by atoms with van der Waals surface area (Å²) in [4.78, 5) is 12.8. The van der Waals surface area contributed by atoms with Crippen LogP contribution < -0.4 is 10.6 Å². The van der Waals surface area contributed by atoms with Crippen LogP contribution in [0.25, 0.3) is 0 Å². The Labute approximate surface area is 147 Å². The van der Waals surface area contributed by atoms with E-state index in [0.29, 0.717) is 15.6 Å². The van der Waals surface area contributed by atoms with Gasteiger partial charge in [-0.2, -0.15) is 0 Å². The molecule has 0 aliphatic carbocycles. The number of nitrogens with one attached hydrogen (secondary N) is 2. The minimum atomic E-state index is -0.518. The van der Waals surface area contributed by atoms with E-state index in [1.54, 1.807) is 12.1 Å². The van der Waals surface area contributed by atoms with Gasteiger partial charge < -0.3 is 15.4 Å². The first-order valence-corrected chi connectivity index (χ1v) is 8.29. The van der Waals surface area contributed by atoms with E-state index < -0.39 is 11.8 Å². The molecule has 1 heterocycles. The molecule has 1 aromatic carbocycles. The number of thiocarbonyl (C=S) groups is 1. The Bertz CT molecular complexity index is 749. The summed E-state index contributed by atoms with van der Waals surface area (Å²) in [6.45, 7) is 1.98. The summed E-state index contributed by atoms with van der Waals surface area (Å²) in [5, 5.41) is 6.67. The van der Waals surface area contributed by atoms with Crippen LogP contribution in [0, 0.1) is 5.82 Å². The Hall–Kier alpha value is -1.70. The number of thiophene rings is 1. The molecule has 4 nitrogen and oxygen atoms in total. The van der Waals surface area contributed by atoms with Gasteiger partial charge in [0.15, 0.2) is 5.11 Å². The second-order valence-electron chi connectivity index (χ2n) is 4.50. The summed E-state index contributed by atoms with van der Waals surface area (Å²) in [6.07, 6.45) is 0.780. The van der Waals surface area contributed by atoms with E-state index in [0.717, 1.165) is 11.3 Å². The van der Waals surface area contributed by atoms with Crippen molar-refractivity contribution >= 4 is 56.9 Å². The fourth-order valence-electron chi connectivity index (χ4n) is 1.82. The minimum Gasteiger partial charge on any atom is -0.465 e. The molecule has 122 valence electrons. The lowest BCUT2D eigenvalue weighted by Crippen LogP contribution is -2.20. The molecule has 2 aromatic rings. The number of halogens is 2. The van der Waals surface area contributed by atoms with Crippen molar-refractivity contribution in [1.82, 2.24) is 0 Å². The molecule has 1 aromatic heterocycles. The first kappa shape index (κ1) is 17.7. The highest BCUT2D eigenvalue weighted by Crippen LogP contribution is 2.29. The summed E-state index contributed by atoms with van der Waals surface area (Å²) in [5.41, 5.74) is 0.592. The van der Waals surface area contributed by atoms with Crippen molar-refractivity contribution in [2.75, 3.05) is 17.7 Å². The van der Waals surface area contributed by atoms with Crippen LogP contribution in [0.15, 0.2) is 24.3 Å². The molecule has 0 saturated heterocycles. The van der Waals surface area contributed by atoms with Gasteiger partial charge in [0.1, 0.15) is 10.8 Å². The Morgan fingerprint density at radius 1 is 1.39 bits per heavy atom. The monoisotopic (exact) mass is 372 g/mol. The number of hydrogen-bond acceptors (Lipinski definition) is 4. The zero-order valence-electron chi connectivity index (χ0n) is 12.4. The van der Waals surface area contributed by atoms with Gasteiger partial charge in [0, 0.05) is 9.90 Å². The van der Waals surface area contributed by atoms with Crippen molar-refractivity contribution in [2.24, 2.45) is 0 Å². The number of aryl methyl sites for hydroxylation is 1. The number of ether oxygens (including phenoxy) is 1. The molecular weight excluding hydrogens is 359 g/mol. The summed E-state index contributed by atoms with van der Waals surface area (Å²) in [7, 11) is 1.31. The van der Waals surface area contributed by atoms with E-state index in [1.807, 2.05) is 6.92 Å². The second kappa shape index (κ2) is 7.72. The number of benzene rings is 1. The van der Waals surface area contributed by atoms with Crippen LogP contribution in [0.3, 0.4) is 0 Å². The number of rotatable bonds is 4. The smallest absolute Gasteiger partial charge is 0.340 e. The first-order chi connectivity index (χ1) is 10.9. The molecule has 2 N–H and O–H groups in total. The van der Waals surface area contributed by atoms with E-state index in [2.05, 4.69) is 10.6 Å². The van der Waals surface area contributed by atoms with E-state index in [1.165, 1.54) is 30.6 Å². The first-order valence-electron chi connectivity index (χ1n) is 6.68. The zero-order chi connectivity index (χ0) is 17.0. The normalized spacial score (nSPS) is 10.3. The van der Waals surface area contributed by atoms with Gasteiger partial charge in [-0.05, 0) is 42.9 Å². The molecule has 0 bridgehead atoms. The molecule has 0 aliphatic rings. The van der Waals surface area contributed by atoms with Gasteiger partial charge in [-0.15, -0.1) is 11.3 Å². The lowest BCUT2D eigenvalue weighted by Gasteiger charge is -2.11. The largest absolute Gasteiger partial charge is 0.465 e. The van der Waals surface area contributed by atoms with Gasteiger partial charge in [0.05, 0.1) is 18.4 Å². The molecule has 0 saturated carbocycles. The quantitative estimate of drug-likeness (QED) is 0.602. The third kappa shape index (κ3) is 4.40. The molecule has 8 heteroatoms. The van der Waals surface area contributed by atoms with Crippen LogP contribution in [-0.2, 0) is 11.2 Å². The van der Waals surface area contributed by atoms with Crippen molar-refractivity contribution in [3.63, 3.8) is 0 Å². The van der Waals surface area contributed by atoms with Gasteiger partial charge in [-0.25, -0.2) is 9.18 Å². The Morgan fingerprint density at radius 3 is 2.74 bits per heavy atom. The van der Waals surface area contributed by atoms with Gasteiger partial charge in [0.25, 0.3) is 0 Å². The van der Waals surface area contributed by atoms with Crippen molar-refractivity contribution in [3.8, 4) is 0 Å². The predicted octanol–water partition coefficient (Wildman–Crippen LogP) is 4.70.